The van der Waals surface area contributed by atoms with Crippen molar-refractivity contribution in [1.29, 1.82) is 0 Å². The number of nitrogens with one attached hydrogen (secondary N) is 2. The van der Waals surface area contributed by atoms with Crippen LogP contribution in [0.1, 0.15) is 13.3 Å². The maximum absolute atomic E-state index is 13.1. The Kier molecular flexibility index (Phi) is 7.83. The van der Waals surface area contributed by atoms with Gasteiger partial charge in [-0.05, 0) is 67.1 Å². The highest BCUT2D eigenvalue weighted by molar-refractivity contribution is 6.10. The molecule has 0 aliphatic rings. The summed E-state index contributed by atoms with van der Waals surface area (Å²) in [6.07, 6.45) is 1.93. The molecule has 1 unspecified atom stereocenters. The Morgan fingerprint density at radius 3 is 1.97 bits per heavy atom. The molecule has 9 heteroatoms. The number of nitrogens with zero attached hydrogens (tertiary/aromatic N) is 1. The van der Waals surface area contributed by atoms with E-state index < -0.39 is 23.5 Å². The summed E-state index contributed by atoms with van der Waals surface area (Å²) in [6.45, 7) is 1.75. The second-order valence-corrected chi connectivity index (χ2v) is 8.11. The Bertz CT molecular complexity index is 1410. The number of carbonyl (C=O) groups is 2. The van der Waals surface area contributed by atoms with Gasteiger partial charge in [-0.15, -0.1) is 0 Å². The molecule has 0 aliphatic carbocycles. The van der Waals surface area contributed by atoms with Crippen LogP contribution in [0.25, 0.3) is 10.9 Å². The highest BCUT2D eigenvalue weighted by Crippen LogP contribution is 2.37. The number of halogens is 1. The molecule has 0 fully saturated rings. The molecule has 1 atom stereocenters. The van der Waals surface area contributed by atoms with Gasteiger partial charge in [0, 0.05) is 29.0 Å². The van der Waals surface area contributed by atoms with Gasteiger partial charge >= 0.3 is 0 Å². The fourth-order valence-corrected chi connectivity index (χ4v) is 3.75. The molecule has 0 spiro atoms. The quantitative estimate of drug-likeness (QED) is 0.281. The smallest absolute Gasteiger partial charge is 0.236 e. The van der Waals surface area contributed by atoms with E-state index in [1.807, 2.05) is 0 Å². The van der Waals surface area contributed by atoms with Gasteiger partial charge in [0.05, 0.1) is 19.7 Å². The van der Waals surface area contributed by atoms with Crippen molar-refractivity contribution < 1.29 is 28.2 Å². The fraction of sp³-hybridized carbons (Fsp3) is 0.179. The van der Waals surface area contributed by atoms with Crippen LogP contribution in [0, 0.1) is 11.7 Å². The summed E-state index contributed by atoms with van der Waals surface area (Å²) in [7, 11) is 3.12. The predicted octanol–water partition coefficient (Wildman–Crippen LogP) is 5.79. The van der Waals surface area contributed by atoms with Crippen LogP contribution in [-0.2, 0) is 9.59 Å². The summed E-state index contributed by atoms with van der Waals surface area (Å²) in [5.41, 5.74) is 1.61. The number of fused-ring (bicyclic) bond motifs is 1. The third-order valence-corrected chi connectivity index (χ3v) is 5.71. The van der Waals surface area contributed by atoms with Crippen molar-refractivity contribution in [2.45, 2.75) is 13.3 Å². The summed E-state index contributed by atoms with van der Waals surface area (Å²) >= 11 is 0. The Morgan fingerprint density at radius 1 is 0.838 bits per heavy atom. The van der Waals surface area contributed by atoms with Gasteiger partial charge in [0.2, 0.25) is 11.8 Å². The lowest BCUT2D eigenvalue weighted by atomic mass is 10.0. The third kappa shape index (κ3) is 5.95. The van der Waals surface area contributed by atoms with Crippen molar-refractivity contribution in [2.24, 2.45) is 5.92 Å². The fourth-order valence-electron chi connectivity index (χ4n) is 3.75. The molecule has 3 aromatic carbocycles. The summed E-state index contributed by atoms with van der Waals surface area (Å²) < 4.78 is 29.9. The van der Waals surface area contributed by atoms with Gasteiger partial charge in [0.1, 0.15) is 23.2 Å². The third-order valence-electron chi connectivity index (χ3n) is 5.71. The topological polar surface area (TPSA) is 98.8 Å². The van der Waals surface area contributed by atoms with Gasteiger partial charge in [0.15, 0.2) is 11.5 Å². The number of hydrogen-bond acceptors (Lipinski definition) is 6. The normalized spacial score (nSPS) is 11.5. The lowest BCUT2D eigenvalue weighted by Crippen LogP contribution is -2.33. The number of pyridine rings is 1. The molecule has 0 aliphatic heterocycles. The molecular formula is C28H26FN3O5. The standard InChI is InChI=1S/C28H26FN3O5/c1-4-21(27(33)31-18-7-5-17(29)6-8-18)28(34)32-19-9-11-20(12-10-19)37-24-13-14-30-23-16-26(36-3)25(35-2)15-22(23)24/h5-16,21H,4H2,1-3H3,(H,31,33)(H,32,34). The first-order chi connectivity index (χ1) is 17.9. The van der Waals surface area contributed by atoms with Crippen LogP contribution < -0.4 is 24.8 Å². The minimum atomic E-state index is -0.920. The van der Waals surface area contributed by atoms with Crippen molar-refractivity contribution in [1.82, 2.24) is 4.98 Å². The molecule has 2 amide bonds. The second kappa shape index (κ2) is 11.4. The first-order valence-corrected chi connectivity index (χ1v) is 11.6. The highest BCUT2D eigenvalue weighted by Gasteiger charge is 2.25. The van der Waals surface area contributed by atoms with Gasteiger partial charge < -0.3 is 24.8 Å². The number of carbonyl (C=O) groups excluding carboxylic acids is 2. The average Bonchev–Trinajstić information content (AvgIpc) is 2.91. The molecule has 4 aromatic rings. The molecule has 2 N–H and O–H groups in total. The number of hydrogen-bond donors (Lipinski definition) is 2. The zero-order valence-electron chi connectivity index (χ0n) is 20.6. The monoisotopic (exact) mass is 503 g/mol. The van der Waals surface area contributed by atoms with E-state index in [2.05, 4.69) is 15.6 Å². The van der Waals surface area contributed by atoms with Crippen LogP contribution in [0.2, 0.25) is 0 Å². The molecule has 0 bridgehead atoms. The van der Waals surface area contributed by atoms with Crippen LogP contribution in [0.15, 0.2) is 72.9 Å². The van der Waals surface area contributed by atoms with Crippen molar-refractivity contribution in [3.05, 3.63) is 78.7 Å². The Labute approximate surface area is 213 Å². The number of methoxy groups -OCH3 is 2. The molecule has 0 radical (unpaired) electrons. The van der Waals surface area contributed by atoms with Crippen LogP contribution in [0.3, 0.4) is 0 Å². The molecule has 1 aromatic heterocycles. The molecule has 190 valence electrons. The predicted molar refractivity (Wildman–Crippen MR) is 139 cm³/mol. The van der Waals surface area contributed by atoms with Crippen molar-refractivity contribution >= 4 is 34.1 Å². The van der Waals surface area contributed by atoms with Crippen molar-refractivity contribution in [2.75, 3.05) is 24.9 Å². The summed E-state index contributed by atoms with van der Waals surface area (Å²) in [4.78, 5) is 29.7. The summed E-state index contributed by atoms with van der Waals surface area (Å²) in [6, 6.07) is 17.5. The highest BCUT2D eigenvalue weighted by atomic mass is 19.1. The SMILES string of the molecule is CCC(C(=O)Nc1ccc(F)cc1)C(=O)Nc1ccc(Oc2ccnc3cc(OC)c(OC)cc23)cc1. The van der Waals surface area contributed by atoms with Crippen LogP contribution in [0.5, 0.6) is 23.0 Å². The zero-order chi connectivity index (χ0) is 26.4. The molecular weight excluding hydrogens is 477 g/mol. The molecule has 0 saturated heterocycles. The number of anilines is 2. The first-order valence-electron chi connectivity index (χ1n) is 11.6. The van der Waals surface area contributed by atoms with Crippen molar-refractivity contribution in [3.63, 3.8) is 0 Å². The Balaban J connectivity index is 1.44. The number of amides is 2. The lowest BCUT2D eigenvalue weighted by Gasteiger charge is -2.16. The number of aromatic nitrogens is 1. The summed E-state index contributed by atoms with van der Waals surface area (Å²) in [5.74, 6) is -0.00693. The number of rotatable bonds is 9. The Hall–Kier alpha value is -4.66. The van der Waals surface area contributed by atoms with E-state index in [1.54, 1.807) is 69.8 Å². The first kappa shape index (κ1) is 25.4. The molecule has 0 saturated carbocycles. The van der Waals surface area contributed by atoms with Gasteiger partial charge in [-0.1, -0.05) is 6.92 Å². The van der Waals surface area contributed by atoms with E-state index in [-0.39, 0.29) is 0 Å². The Morgan fingerprint density at radius 2 is 1.41 bits per heavy atom. The molecule has 4 rings (SSSR count). The zero-order valence-corrected chi connectivity index (χ0v) is 20.6. The average molecular weight is 504 g/mol. The molecule has 1 heterocycles. The molecule has 37 heavy (non-hydrogen) atoms. The minimum absolute atomic E-state index is 0.295. The second-order valence-electron chi connectivity index (χ2n) is 8.11. The maximum Gasteiger partial charge on any atom is 0.236 e. The number of ether oxygens (including phenoxy) is 3. The maximum atomic E-state index is 13.1. The van der Waals surface area contributed by atoms with Gasteiger partial charge in [-0.3, -0.25) is 14.6 Å². The van der Waals surface area contributed by atoms with E-state index in [0.717, 1.165) is 5.39 Å². The molecule has 8 nitrogen and oxygen atoms in total. The summed E-state index contributed by atoms with van der Waals surface area (Å²) in [5, 5.41) is 6.15. The van der Waals surface area contributed by atoms with E-state index in [0.29, 0.717) is 46.3 Å². The van der Waals surface area contributed by atoms with Crippen LogP contribution in [0.4, 0.5) is 15.8 Å². The lowest BCUT2D eigenvalue weighted by molar-refractivity contribution is -0.129. The van der Waals surface area contributed by atoms with E-state index in [9.17, 15) is 14.0 Å². The van der Waals surface area contributed by atoms with Gasteiger partial charge in [0.25, 0.3) is 0 Å². The van der Waals surface area contributed by atoms with Crippen molar-refractivity contribution in [3.8, 4) is 23.0 Å². The largest absolute Gasteiger partial charge is 0.493 e. The van der Waals surface area contributed by atoms with Gasteiger partial charge in [-0.25, -0.2) is 4.39 Å². The van der Waals surface area contributed by atoms with E-state index >= 15 is 0 Å². The number of benzene rings is 3. The van der Waals surface area contributed by atoms with Gasteiger partial charge in [-0.2, -0.15) is 0 Å². The van der Waals surface area contributed by atoms with Crippen LogP contribution >= 0.6 is 0 Å². The van der Waals surface area contributed by atoms with Crippen LogP contribution in [-0.4, -0.2) is 31.0 Å². The van der Waals surface area contributed by atoms with E-state index in [1.165, 1.54) is 24.3 Å². The minimum Gasteiger partial charge on any atom is -0.493 e. The van der Waals surface area contributed by atoms with E-state index in [4.69, 9.17) is 14.2 Å².